The fraction of sp³-hybridized carbons (Fsp3) is 0.364. The number of nitrogens with one attached hydrogen (secondary N) is 1. The summed E-state index contributed by atoms with van der Waals surface area (Å²) in [5.74, 6) is 0.767. The molecule has 0 bridgehead atoms. The van der Waals surface area contributed by atoms with Gasteiger partial charge in [-0.3, -0.25) is 0 Å². The van der Waals surface area contributed by atoms with Crippen molar-refractivity contribution in [3.63, 3.8) is 0 Å². The largest absolute Gasteiger partial charge is 0.465 e. The first-order valence-corrected chi connectivity index (χ1v) is 4.99. The van der Waals surface area contributed by atoms with Crippen molar-refractivity contribution < 1.29 is 4.74 Å². The van der Waals surface area contributed by atoms with Gasteiger partial charge in [0, 0.05) is 0 Å². The van der Waals surface area contributed by atoms with Crippen LogP contribution < -0.4 is 4.74 Å². The number of aromatic nitrogens is 2. The average molecular weight is 188 g/mol. The van der Waals surface area contributed by atoms with Gasteiger partial charge in [-0.05, 0) is 30.9 Å². The standard InChI is InChI=1S/C11H12N2O/c1-2-4-10-9(3-1)12-11(13-10)14-7-8-5-6-8/h1-4,8H,5-7H2,(H,12,13). The Morgan fingerprint density at radius 3 is 3.00 bits per heavy atom. The Morgan fingerprint density at radius 1 is 1.36 bits per heavy atom. The fourth-order valence-corrected chi connectivity index (χ4v) is 1.48. The molecule has 72 valence electrons. The first kappa shape index (κ1) is 7.85. The van der Waals surface area contributed by atoms with Crippen LogP contribution in [0.3, 0.4) is 0 Å². The minimum absolute atomic E-state index is 0.651. The third kappa shape index (κ3) is 1.45. The van der Waals surface area contributed by atoms with Gasteiger partial charge in [-0.2, -0.15) is 4.98 Å². The van der Waals surface area contributed by atoms with Crippen molar-refractivity contribution in [2.24, 2.45) is 5.92 Å². The number of hydrogen-bond acceptors (Lipinski definition) is 2. The number of hydrogen-bond donors (Lipinski definition) is 1. The van der Waals surface area contributed by atoms with Crippen LogP contribution in [0.2, 0.25) is 0 Å². The molecule has 1 aliphatic rings. The van der Waals surface area contributed by atoms with Gasteiger partial charge in [0.2, 0.25) is 0 Å². The Bertz CT molecular complexity index is 412. The highest BCUT2D eigenvalue weighted by Crippen LogP contribution is 2.29. The van der Waals surface area contributed by atoms with Gasteiger partial charge < -0.3 is 9.72 Å². The van der Waals surface area contributed by atoms with Gasteiger partial charge in [-0.15, -0.1) is 0 Å². The molecule has 1 fully saturated rings. The quantitative estimate of drug-likeness (QED) is 0.802. The lowest BCUT2D eigenvalue weighted by molar-refractivity contribution is 0.280. The van der Waals surface area contributed by atoms with Crippen LogP contribution in [0, 0.1) is 5.92 Å². The van der Waals surface area contributed by atoms with Crippen molar-refractivity contribution in [3.8, 4) is 6.01 Å². The molecule has 1 aromatic carbocycles. The average Bonchev–Trinajstić information content (AvgIpc) is 2.94. The molecule has 1 saturated carbocycles. The number of ether oxygens (including phenoxy) is 1. The zero-order valence-corrected chi connectivity index (χ0v) is 7.86. The predicted octanol–water partition coefficient (Wildman–Crippen LogP) is 2.35. The highest BCUT2D eigenvalue weighted by Gasteiger charge is 2.22. The molecule has 0 amide bonds. The molecule has 3 nitrogen and oxygen atoms in total. The smallest absolute Gasteiger partial charge is 0.294 e. The van der Waals surface area contributed by atoms with Gasteiger partial charge in [0.15, 0.2) is 0 Å². The maximum absolute atomic E-state index is 5.55. The summed E-state index contributed by atoms with van der Waals surface area (Å²) < 4.78 is 5.55. The van der Waals surface area contributed by atoms with E-state index in [9.17, 15) is 0 Å². The minimum atomic E-state index is 0.651. The molecule has 0 spiro atoms. The van der Waals surface area contributed by atoms with E-state index in [4.69, 9.17) is 4.74 Å². The molecule has 0 saturated heterocycles. The normalized spacial score (nSPS) is 16.0. The Hall–Kier alpha value is -1.51. The van der Waals surface area contributed by atoms with E-state index in [1.54, 1.807) is 0 Å². The van der Waals surface area contributed by atoms with E-state index >= 15 is 0 Å². The lowest BCUT2D eigenvalue weighted by Crippen LogP contribution is -1.99. The second-order valence-corrected chi connectivity index (χ2v) is 3.81. The van der Waals surface area contributed by atoms with Crippen molar-refractivity contribution in [2.45, 2.75) is 12.8 Å². The Labute approximate surface area is 82.1 Å². The van der Waals surface area contributed by atoms with Crippen LogP contribution in [0.4, 0.5) is 0 Å². The molecule has 1 aromatic heterocycles. The summed E-state index contributed by atoms with van der Waals surface area (Å²) in [6.45, 7) is 0.805. The fourth-order valence-electron chi connectivity index (χ4n) is 1.48. The second kappa shape index (κ2) is 3.01. The summed E-state index contributed by atoms with van der Waals surface area (Å²) >= 11 is 0. The summed E-state index contributed by atoms with van der Waals surface area (Å²) in [5, 5.41) is 0. The molecule has 0 unspecified atom stereocenters. The van der Waals surface area contributed by atoms with E-state index in [0.29, 0.717) is 6.01 Å². The molecular weight excluding hydrogens is 176 g/mol. The lowest BCUT2D eigenvalue weighted by Gasteiger charge is -1.98. The van der Waals surface area contributed by atoms with Crippen molar-refractivity contribution in [3.05, 3.63) is 24.3 Å². The van der Waals surface area contributed by atoms with Crippen LogP contribution in [-0.2, 0) is 0 Å². The number of para-hydroxylation sites is 2. The van der Waals surface area contributed by atoms with Crippen LogP contribution in [0.5, 0.6) is 6.01 Å². The van der Waals surface area contributed by atoms with Gasteiger partial charge in [0.1, 0.15) is 0 Å². The molecule has 0 atom stereocenters. The number of imidazole rings is 1. The molecular formula is C11H12N2O. The molecule has 0 aliphatic heterocycles. The van der Waals surface area contributed by atoms with Crippen molar-refractivity contribution >= 4 is 11.0 Å². The van der Waals surface area contributed by atoms with Gasteiger partial charge in [0.05, 0.1) is 17.6 Å². The maximum Gasteiger partial charge on any atom is 0.294 e. The molecule has 0 radical (unpaired) electrons. The van der Waals surface area contributed by atoms with Crippen molar-refractivity contribution in [1.82, 2.24) is 9.97 Å². The molecule has 1 aliphatic carbocycles. The summed E-state index contributed by atoms with van der Waals surface area (Å²) in [5.41, 5.74) is 2.01. The third-order valence-corrected chi connectivity index (χ3v) is 2.52. The van der Waals surface area contributed by atoms with Gasteiger partial charge in [-0.1, -0.05) is 12.1 Å². The number of H-pyrrole nitrogens is 1. The van der Waals surface area contributed by atoms with E-state index in [2.05, 4.69) is 9.97 Å². The number of fused-ring (bicyclic) bond motifs is 1. The summed E-state index contributed by atoms with van der Waals surface area (Å²) in [6.07, 6.45) is 2.61. The minimum Gasteiger partial charge on any atom is -0.465 e. The van der Waals surface area contributed by atoms with Crippen LogP contribution in [0.15, 0.2) is 24.3 Å². The zero-order chi connectivity index (χ0) is 9.38. The molecule has 1 heterocycles. The molecule has 2 aromatic rings. The van der Waals surface area contributed by atoms with Crippen LogP contribution in [0.25, 0.3) is 11.0 Å². The summed E-state index contributed by atoms with van der Waals surface area (Å²) in [6, 6.07) is 8.61. The predicted molar refractivity (Wildman–Crippen MR) is 54.3 cm³/mol. The highest BCUT2D eigenvalue weighted by atomic mass is 16.5. The van der Waals surface area contributed by atoms with Crippen LogP contribution in [-0.4, -0.2) is 16.6 Å². The van der Waals surface area contributed by atoms with Crippen LogP contribution >= 0.6 is 0 Å². The number of rotatable bonds is 3. The Balaban J connectivity index is 1.82. The number of aromatic amines is 1. The topological polar surface area (TPSA) is 37.9 Å². The SMILES string of the molecule is c1ccc2[nH]c(OCC3CC3)nc2c1. The molecule has 3 heteroatoms. The van der Waals surface area contributed by atoms with Crippen molar-refractivity contribution in [2.75, 3.05) is 6.61 Å². The Morgan fingerprint density at radius 2 is 2.21 bits per heavy atom. The van der Waals surface area contributed by atoms with Gasteiger partial charge >= 0.3 is 0 Å². The molecule has 3 rings (SSSR count). The van der Waals surface area contributed by atoms with E-state index < -0.39 is 0 Å². The number of nitrogens with zero attached hydrogens (tertiary/aromatic N) is 1. The van der Waals surface area contributed by atoms with Gasteiger partial charge in [-0.25, -0.2) is 0 Å². The van der Waals surface area contributed by atoms with Crippen molar-refractivity contribution in [1.29, 1.82) is 0 Å². The summed E-state index contributed by atoms with van der Waals surface area (Å²) in [7, 11) is 0. The van der Waals surface area contributed by atoms with E-state index in [1.807, 2.05) is 24.3 Å². The van der Waals surface area contributed by atoms with E-state index in [0.717, 1.165) is 23.6 Å². The highest BCUT2D eigenvalue weighted by molar-refractivity contribution is 5.75. The third-order valence-electron chi connectivity index (χ3n) is 2.52. The van der Waals surface area contributed by atoms with E-state index in [-0.39, 0.29) is 0 Å². The van der Waals surface area contributed by atoms with Crippen LogP contribution in [0.1, 0.15) is 12.8 Å². The second-order valence-electron chi connectivity index (χ2n) is 3.81. The lowest BCUT2D eigenvalue weighted by atomic mass is 10.3. The molecule has 14 heavy (non-hydrogen) atoms. The molecule has 1 N–H and O–H groups in total. The van der Waals surface area contributed by atoms with E-state index in [1.165, 1.54) is 12.8 Å². The monoisotopic (exact) mass is 188 g/mol. The Kier molecular flexibility index (Phi) is 1.69. The first-order valence-electron chi connectivity index (χ1n) is 4.99. The number of benzene rings is 1. The zero-order valence-electron chi connectivity index (χ0n) is 7.86. The first-order chi connectivity index (χ1) is 6.92. The van der Waals surface area contributed by atoms with Gasteiger partial charge in [0.25, 0.3) is 6.01 Å². The summed E-state index contributed by atoms with van der Waals surface area (Å²) in [4.78, 5) is 7.48. The maximum atomic E-state index is 5.55.